The average Bonchev–Trinajstić information content (AvgIpc) is 3.01. The summed E-state index contributed by atoms with van der Waals surface area (Å²) in [4.78, 5) is 23.5. The number of thioether (sulfide) groups is 1. The molecule has 1 saturated heterocycles. The normalized spacial score (nSPS) is 19.8. The van der Waals surface area contributed by atoms with Crippen molar-refractivity contribution < 1.29 is 14.6 Å². The average molecular weight is 359 g/mol. The van der Waals surface area contributed by atoms with E-state index in [1.807, 2.05) is 24.3 Å². The number of hydrogen-bond acceptors (Lipinski definition) is 6. The number of carbonyl (C=O) groups is 1. The van der Waals surface area contributed by atoms with Gasteiger partial charge < -0.3 is 14.7 Å². The maximum atomic E-state index is 12.5. The Kier molecular flexibility index (Phi) is 5.88. The number of amides is 1. The van der Waals surface area contributed by atoms with Crippen LogP contribution in [0.15, 0.2) is 47.8 Å². The molecule has 25 heavy (non-hydrogen) atoms. The van der Waals surface area contributed by atoms with Gasteiger partial charge in [0.1, 0.15) is 5.75 Å². The Morgan fingerprint density at radius 3 is 3.04 bits per heavy atom. The topological polar surface area (TPSA) is 75.5 Å². The van der Waals surface area contributed by atoms with E-state index in [0.29, 0.717) is 25.3 Å². The van der Waals surface area contributed by atoms with E-state index in [9.17, 15) is 9.90 Å². The summed E-state index contributed by atoms with van der Waals surface area (Å²) in [5.74, 6) is 1.16. The van der Waals surface area contributed by atoms with E-state index in [0.717, 1.165) is 16.3 Å². The summed E-state index contributed by atoms with van der Waals surface area (Å²) in [6.45, 7) is 0.928. The number of aliphatic hydroxyl groups excluding tert-OH is 1. The van der Waals surface area contributed by atoms with E-state index in [1.54, 1.807) is 30.6 Å². The molecular weight excluding hydrogens is 338 g/mol. The van der Waals surface area contributed by atoms with E-state index in [-0.39, 0.29) is 11.8 Å². The lowest BCUT2D eigenvalue weighted by Gasteiger charge is -2.16. The highest BCUT2D eigenvalue weighted by atomic mass is 32.2. The van der Waals surface area contributed by atoms with Crippen LogP contribution in [0.4, 0.5) is 0 Å². The Bertz CT molecular complexity index is 714. The number of methoxy groups -OCH3 is 1. The molecule has 2 heterocycles. The molecule has 0 aliphatic carbocycles. The number of ether oxygens (including phenoxy) is 1. The lowest BCUT2D eigenvalue weighted by atomic mass is 10.0. The van der Waals surface area contributed by atoms with Crippen molar-refractivity contribution in [1.82, 2.24) is 14.9 Å². The number of nitrogens with zero attached hydrogens (tertiary/aromatic N) is 3. The first-order valence-corrected chi connectivity index (χ1v) is 9.12. The molecule has 0 unspecified atom stereocenters. The van der Waals surface area contributed by atoms with Gasteiger partial charge in [-0.2, -0.15) is 0 Å². The summed E-state index contributed by atoms with van der Waals surface area (Å²) in [6.07, 6.45) is 5.08. The third-order valence-electron chi connectivity index (χ3n) is 4.25. The second-order valence-corrected chi connectivity index (χ2v) is 7.04. The van der Waals surface area contributed by atoms with Crippen molar-refractivity contribution in [2.24, 2.45) is 5.92 Å². The molecule has 2 aromatic rings. The van der Waals surface area contributed by atoms with Gasteiger partial charge in [0.25, 0.3) is 0 Å². The molecule has 1 aromatic heterocycles. The maximum Gasteiger partial charge on any atom is 0.233 e. The van der Waals surface area contributed by atoms with Crippen molar-refractivity contribution in [3.8, 4) is 5.75 Å². The lowest BCUT2D eigenvalue weighted by Crippen LogP contribution is -2.31. The molecule has 1 fully saturated rings. The minimum Gasteiger partial charge on any atom is -0.497 e. The fraction of sp³-hybridized carbons (Fsp3) is 0.389. The van der Waals surface area contributed by atoms with E-state index in [4.69, 9.17) is 4.74 Å². The van der Waals surface area contributed by atoms with Crippen LogP contribution in [0.1, 0.15) is 5.69 Å². The SMILES string of the molecule is COc1cccc(SCC(=O)N2C[C@@H](Cc3cnccn3)[C@H](O)C2)c1. The van der Waals surface area contributed by atoms with Crippen LogP contribution in [-0.2, 0) is 11.2 Å². The molecule has 1 aromatic carbocycles. The Labute approximate surface area is 151 Å². The largest absolute Gasteiger partial charge is 0.497 e. The highest BCUT2D eigenvalue weighted by Gasteiger charge is 2.34. The number of benzene rings is 1. The van der Waals surface area contributed by atoms with Crippen LogP contribution >= 0.6 is 11.8 Å². The number of rotatable bonds is 6. The zero-order valence-electron chi connectivity index (χ0n) is 14.0. The number of likely N-dealkylation sites (tertiary alicyclic amines) is 1. The second kappa shape index (κ2) is 8.31. The molecule has 7 heteroatoms. The molecule has 6 nitrogen and oxygen atoms in total. The third kappa shape index (κ3) is 4.70. The van der Waals surface area contributed by atoms with Gasteiger partial charge in [-0.15, -0.1) is 11.8 Å². The first-order chi connectivity index (χ1) is 12.2. The van der Waals surface area contributed by atoms with Gasteiger partial charge in [0.15, 0.2) is 0 Å². The smallest absolute Gasteiger partial charge is 0.233 e. The fourth-order valence-corrected chi connectivity index (χ4v) is 3.74. The van der Waals surface area contributed by atoms with Crippen LogP contribution in [0.5, 0.6) is 5.75 Å². The molecule has 0 radical (unpaired) electrons. The van der Waals surface area contributed by atoms with Crippen LogP contribution < -0.4 is 4.74 Å². The molecule has 132 valence electrons. The number of aromatic nitrogens is 2. The number of aliphatic hydroxyl groups is 1. The summed E-state index contributed by atoms with van der Waals surface area (Å²) < 4.78 is 5.19. The van der Waals surface area contributed by atoms with Crippen molar-refractivity contribution in [3.63, 3.8) is 0 Å². The monoisotopic (exact) mass is 359 g/mol. The fourth-order valence-electron chi connectivity index (χ4n) is 2.89. The summed E-state index contributed by atoms with van der Waals surface area (Å²) in [5.41, 5.74) is 0.839. The molecule has 1 aliphatic heterocycles. The van der Waals surface area contributed by atoms with E-state index >= 15 is 0 Å². The summed E-state index contributed by atoms with van der Waals surface area (Å²) in [7, 11) is 1.62. The van der Waals surface area contributed by atoms with Crippen LogP contribution in [0, 0.1) is 5.92 Å². The molecule has 1 N–H and O–H groups in total. The number of β-amino-alcohol motifs (C(OH)–C–C–N with tert-alkyl or cyclic N) is 1. The first-order valence-electron chi connectivity index (χ1n) is 8.13. The van der Waals surface area contributed by atoms with Gasteiger partial charge in [-0.3, -0.25) is 14.8 Å². The predicted molar refractivity (Wildman–Crippen MR) is 95.5 cm³/mol. The van der Waals surface area contributed by atoms with Gasteiger partial charge in [0.2, 0.25) is 5.91 Å². The standard InChI is InChI=1S/C18H21N3O3S/c1-24-15-3-2-4-16(8-15)25-12-18(23)21-10-13(17(22)11-21)7-14-9-19-5-6-20-14/h2-6,8-9,13,17,22H,7,10-12H2,1H3/t13-,17-/m1/s1. The molecule has 2 atom stereocenters. The van der Waals surface area contributed by atoms with E-state index in [2.05, 4.69) is 9.97 Å². The van der Waals surface area contributed by atoms with Crippen LogP contribution in [-0.4, -0.2) is 57.9 Å². The number of carbonyl (C=O) groups excluding carboxylic acids is 1. The second-order valence-electron chi connectivity index (χ2n) is 5.99. The summed E-state index contributed by atoms with van der Waals surface area (Å²) in [6, 6.07) is 7.64. The Hall–Kier alpha value is -2.12. The van der Waals surface area contributed by atoms with Gasteiger partial charge in [-0.1, -0.05) is 6.07 Å². The summed E-state index contributed by atoms with van der Waals surface area (Å²) in [5, 5.41) is 10.3. The zero-order chi connectivity index (χ0) is 17.6. The first kappa shape index (κ1) is 17.7. The van der Waals surface area contributed by atoms with Crippen LogP contribution in [0.2, 0.25) is 0 Å². The molecular formula is C18H21N3O3S. The van der Waals surface area contributed by atoms with Crippen LogP contribution in [0.25, 0.3) is 0 Å². The third-order valence-corrected chi connectivity index (χ3v) is 5.23. The molecule has 0 saturated carbocycles. The maximum absolute atomic E-state index is 12.5. The Morgan fingerprint density at radius 2 is 2.28 bits per heavy atom. The van der Waals surface area contributed by atoms with Crippen molar-refractivity contribution in [2.75, 3.05) is 26.0 Å². The minimum absolute atomic E-state index is 0.00229. The van der Waals surface area contributed by atoms with E-state index < -0.39 is 6.10 Å². The van der Waals surface area contributed by atoms with Gasteiger partial charge in [-0.05, 0) is 24.6 Å². The zero-order valence-corrected chi connectivity index (χ0v) is 14.9. The van der Waals surface area contributed by atoms with Gasteiger partial charge >= 0.3 is 0 Å². The minimum atomic E-state index is -0.521. The number of hydrogen-bond donors (Lipinski definition) is 1. The lowest BCUT2D eigenvalue weighted by molar-refractivity contribution is -0.127. The van der Waals surface area contributed by atoms with Gasteiger partial charge in [-0.25, -0.2) is 0 Å². The molecule has 1 aliphatic rings. The summed E-state index contributed by atoms with van der Waals surface area (Å²) >= 11 is 1.48. The van der Waals surface area contributed by atoms with Crippen LogP contribution in [0.3, 0.4) is 0 Å². The Morgan fingerprint density at radius 1 is 1.40 bits per heavy atom. The van der Waals surface area contributed by atoms with Crippen molar-refractivity contribution in [2.45, 2.75) is 17.4 Å². The highest BCUT2D eigenvalue weighted by Crippen LogP contribution is 2.25. The molecule has 0 spiro atoms. The molecule has 1 amide bonds. The van der Waals surface area contributed by atoms with E-state index in [1.165, 1.54) is 11.8 Å². The van der Waals surface area contributed by atoms with Crippen molar-refractivity contribution >= 4 is 17.7 Å². The molecule has 0 bridgehead atoms. The Balaban J connectivity index is 1.52. The van der Waals surface area contributed by atoms with Gasteiger partial charge in [0, 0.05) is 42.5 Å². The highest BCUT2D eigenvalue weighted by molar-refractivity contribution is 8.00. The quantitative estimate of drug-likeness (QED) is 0.791. The van der Waals surface area contributed by atoms with Crippen molar-refractivity contribution in [1.29, 1.82) is 0 Å². The predicted octanol–water partition coefficient (Wildman–Crippen LogP) is 1.64. The van der Waals surface area contributed by atoms with Gasteiger partial charge in [0.05, 0.1) is 24.7 Å². The molecule has 3 rings (SSSR count). The van der Waals surface area contributed by atoms with Crippen molar-refractivity contribution in [3.05, 3.63) is 48.5 Å².